The molecule has 2 aromatic carbocycles. The molecule has 2 aromatic rings. The zero-order valence-corrected chi connectivity index (χ0v) is 16.8. The van der Waals surface area contributed by atoms with Crippen molar-refractivity contribution in [2.45, 2.75) is 0 Å². The van der Waals surface area contributed by atoms with Crippen molar-refractivity contribution in [3.05, 3.63) is 64.8 Å². The van der Waals surface area contributed by atoms with Gasteiger partial charge in [0.2, 0.25) is 0 Å². The molecule has 156 valence electrons. The highest BCUT2D eigenvalue weighted by molar-refractivity contribution is 8.18. The van der Waals surface area contributed by atoms with Crippen LogP contribution < -0.4 is 9.47 Å². The third kappa shape index (κ3) is 5.38. The van der Waals surface area contributed by atoms with E-state index >= 15 is 0 Å². The number of carbonyl (C=O) groups is 3. The zero-order valence-electron chi connectivity index (χ0n) is 16.0. The number of thioether (sulfide) groups is 1. The van der Waals surface area contributed by atoms with E-state index in [0.717, 1.165) is 16.7 Å². The number of rotatable bonds is 8. The van der Waals surface area contributed by atoms with Gasteiger partial charge < -0.3 is 14.2 Å². The van der Waals surface area contributed by atoms with Crippen molar-refractivity contribution in [3.63, 3.8) is 0 Å². The minimum absolute atomic E-state index is 0.0554. The van der Waals surface area contributed by atoms with Crippen molar-refractivity contribution >= 4 is 35.0 Å². The Bertz CT molecular complexity index is 976. The Hall–Kier alpha value is -3.33. The Kier molecular flexibility index (Phi) is 7.08. The molecule has 0 radical (unpaired) electrons. The fourth-order valence-corrected chi connectivity index (χ4v) is 3.40. The summed E-state index contributed by atoms with van der Waals surface area (Å²) in [6.45, 7) is -0.140. The van der Waals surface area contributed by atoms with E-state index in [2.05, 4.69) is 4.74 Å². The SMILES string of the molecule is COC(=O)COc1ccccc1C=C1SC(=O)N(CCOc2ccc(F)cc2)C1=O. The number of nitrogens with zero attached hydrogens (tertiary/aromatic N) is 1. The maximum absolute atomic E-state index is 12.9. The van der Waals surface area contributed by atoms with Crippen LogP contribution in [0.4, 0.5) is 9.18 Å². The third-order valence-electron chi connectivity index (χ3n) is 4.05. The predicted molar refractivity (Wildman–Crippen MR) is 109 cm³/mol. The van der Waals surface area contributed by atoms with Gasteiger partial charge in [0.15, 0.2) is 6.61 Å². The van der Waals surface area contributed by atoms with Crippen LogP contribution in [0.15, 0.2) is 53.4 Å². The largest absolute Gasteiger partial charge is 0.492 e. The Labute approximate surface area is 176 Å². The number of benzene rings is 2. The number of para-hydroxylation sites is 1. The van der Waals surface area contributed by atoms with E-state index in [1.807, 2.05) is 0 Å². The maximum Gasteiger partial charge on any atom is 0.343 e. The number of imide groups is 1. The summed E-state index contributed by atoms with van der Waals surface area (Å²) in [5, 5.41) is -0.415. The molecule has 0 aromatic heterocycles. The molecular formula is C21H18FNO6S. The normalized spacial score (nSPS) is 14.9. The van der Waals surface area contributed by atoms with Crippen LogP contribution in [0.3, 0.4) is 0 Å². The average molecular weight is 431 g/mol. The second kappa shape index (κ2) is 9.93. The van der Waals surface area contributed by atoms with Gasteiger partial charge in [-0.2, -0.15) is 0 Å². The first-order valence-electron chi connectivity index (χ1n) is 8.90. The molecular weight excluding hydrogens is 413 g/mol. The van der Waals surface area contributed by atoms with E-state index in [9.17, 15) is 18.8 Å². The number of methoxy groups -OCH3 is 1. The Morgan fingerprint density at radius 3 is 2.57 bits per heavy atom. The lowest BCUT2D eigenvalue weighted by atomic mass is 10.2. The lowest BCUT2D eigenvalue weighted by Gasteiger charge is -2.13. The van der Waals surface area contributed by atoms with Gasteiger partial charge in [0.1, 0.15) is 23.9 Å². The molecule has 1 fully saturated rings. The van der Waals surface area contributed by atoms with Crippen LogP contribution in [-0.2, 0) is 14.3 Å². The van der Waals surface area contributed by atoms with Crippen molar-refractivity contribution in [1.29, 1.82) is 0 Å². The van der Waals surface area contributed by atoms with E-state index < -0.39 is 17.1 Å². The molecule has 1 aliphatic heterocycles. The monoisotopic (exact) mass is 431 g/mol. The lowest BCUT2D eigenvalue weighted by molar-refractivity contribution is -0.142. The summed E-state index contributed by atoms with van der Waals surface area (Å²) in [6.07, 6.45) is 1.54. The molecule has 30 heavy (non-hydrogen) atoms. The van der Waals surface area contributed by atoms with E-state index in [0.29, 0.717) is 17.1 Å². The highest BCUT2D eigenvalue weighted by atomic mass is 32.2. The minimum atomic E-state index is -0.536. The van der Waals surface area contributed by atoms with Gasteiger partial charge in [-0.3, -0.25) is 14.5 Å². The van der Waals surface area contributed by atoms with E-state index in [1.54, 1.807) is 30.3 Å². The molecule has 0 spiro atoms. The molecule has 0 saturated carbocycles. The van der Waals surface area contributed by atoms with Crippen LogP contribution in [0.5, 0.6) is 11.5 Å². The Morgan fingerprint density at radius 2 is 1.83 bits per heavy atom. The summed E-state index contributed by atoms with van der Waals surface area (Å²) < 4.78 is 28.3. The number of hydrogen-bond acceptors (Lipinski definition) is 7. The first-order valence-corrected chi connectivity index (χ1v) is 9.72. The number of esters is 1. The minimum Gasteiger partial charge on any atom is -0.492 e. The lowest BCUT2D eigenvalue weighted by Crippen LogP contribution is -2.32. The molecule has 0 N–H and O–H groups in total. The predicted octanol–water partition coefficient (Wildman–Crippen LogP) is 3.49. The number of carbonyl (C=O) groups excluding carboxylic acids is 3. The second-order valence-corrected chi connectivity index (χ2v) is 7.03. The molecule has 2 amide bonds. The van der Waals surface area contributed by atoms with Gasteiger partial charge in [0.25, 0.3) is 11.1 Å². The fourth-order valence-electron chi connectivity index (χ4n) is 2.55. The maximum atomic E-state index is 12.9. The summed E-state index contributed by atoms with van der Waals surface area (Å²) in [5.41, 5.74) is 0.550. The van der Waals surface area contributed by atoms with Crippen molar-refractivity contribution in [3.8, 4) is 11.5 Å². The number of hydrogen-bond donors (Lipinski definition) is 0. The molecule has 0 aliphatic carbocycles. The van der Waals surface area contributed by atoms with E-state index in [1.165, 1.54) is 31.4 Å². The van der Waals surface area contributed by atoms with Crippen LogP contribution in [-0.4, -0.2) is 48.9 Å². The standard InChI is InChI=1S/C21H18FNO6S/c1-27-19(24)13-29-17-5-3-2-4-14(17)12-18-20(25)23(21(26)30-18)10-11-28-16-8-6-15(22)7-9-16/h2-9,12H,10-11,13H2,1H3. The first kappa shape index (κ1) is 21.4. The van der Waals surface area contributed by atoms with Crippen molar-refractivity contribution in [1.82, 2.24) is 4.90 Å². The fraction of sp³-hybridized carbons (Fsp3) is 0.190. The van der Waals surface area contributed by atoms with Crippen LogP contribution in [0, 0.1) is 5.82 Å². The molecule has 0 bridgehead atoms. The summed E-state index contributed by atoms with van der Waals surface area (Å²) in [4.78, 5) is 37.5. The first-order chi connectivity index (χ1) is 14.5. The van der Waals surface area contributed by atoms with Crippen LogP contribution in [0.25, 0.3) is 6.08 Å². The molecule has 3 rings (SSSR count). The molecule has 0 atom stereocenters. The van der Waals surface area contributed by atoms with E-state index in [4.69, 9.17) is 9.47 Å². The number of amides is 2. The summed E-state index contributed by atoms with van der Waals surface area (Å²) in [5.74, 6) is -0.541. The summed E-state index contributed by atoms with van der Waals surface area (Å²) in [7, 11) is 1.26. The van der Waals surface area contributed by atoms with Gasteiger partial charge in [0.05, 0.1) is 18.6 Å². The van der Waals surface area contributed by atoms with Crippen LogP contribution in [0.1, 0.15) is 5.56 Å². The van der Waals surface area contributed by atoms with Crippen molar-refractivity contribution < 1.29 is 33.0 Å². The smallest absolute Gasteiger partial charge is 0.343 e. The summed E-state index contributed by atoms with van der Waals surface area (Å²) in [6, 6.07) is 12.3. The van der Waals surface area contributed by atoms with Gasteiger partial charge in [-0.05, 0) is 48.2 Å². The van der Waals surface area contributed by atoms with Gasteiger partial charge in [-0.1, -0.05) is 18.2 Å². The molecule has 7 nitrogen and oxygen atoms in total. The molecule has 0 unspecified atom stereocenters. The molecule has 1 saturated heterocycles. The number of ether oxygens (including phenoxy) is 3. The molecule has 9 heteroatoms. The molecule has 1 aliphatic rings. The number of halogens is 1. The van der Waals surface area contributed by atoms with Crippen LogP contribution in [0.2, 0.25) is 0 Å². The Balaban J connectivity index is 1.64. The second-order valence-electron chi connectivity index (χ2n) is 6.04. The van der Waals surface area contributed by atoms with E-state index in [-0.39, 0.29) is 30.5 Å². The van der Waals surface area contributed by atoms with Crippen molar-refractivity contribution in [2.24, 2.45) is 0 Å². The van der Waals surface area contributed by atoms with Crippen LogP contribution >= 0.6 is 11.8 Å². The molecule has 1 heterocycles. The Morgan fingerprint density at radius 1 is 1.10 bits per heavy atom. The van der Waals surface area contributed by atoms with Gasteiger partial charge in [-0.15, -0.1) is 0 Å². The van der Waals surface area contributed by atoms with Crippen molar-refractivity contribution in [2.75, 3.05) is 26.9 Å². The van der Waals surface area contributed by atoms with Gasteiger partial charge >= 0.3 is 5.97 Å². The zero-order chi connectivity index (χ0) is 21.5. The highest BCUT2D eigenvalue weighted by Crippen LogP contribution is 2.33. The van der Waals surface area contributed by atoms with Gasteiger partial charge in [-0.25, -0.2) is 9.18 Å². The topological polar surface area (TPSA) is 82.1 Å². The summed E-state index contributed by atoms with van der Waals surface area (Å²) >= 11 is 0.809. The van der Waals surface area contributed by atoms with Gasteiger partial charge in [0, 0.05) is 5.56 Å². The third-order valence-corrected chi connectivity index (χ3v) is 4.96. The highest BCUT2D eigenvalue weighted by Gasteiger charge is 2.35. The average Bonchev–Trinajstić information content (AvgIpc) is 3.01. The quantitative estimate of drug-likeness (QED) is 0.467.